The number of rotatable bonds is 5. The average Bonchev–Trinajstić information content (AvgIpc) is 3.16. The lowest BCUT2D eigenvalue weighted by atomic mass is 10.1. The molecule has 0 aromatic heterocycles. The number of benzene rings is 2. The molecule has 0 saturated carbocycles. The van der Waals surface area contributed by atoms with Crippen LogP contribution in [0.4, 0.5) is 5.69 Å². The number of carbonyl (C=O) groups is 1. The number of fused-ring (bicyclic) bond motifs is 2. The molecule has 152 valence electrons. The van der Waals surface area contributed by atoms with Crippen LogP contribution in [0.25, 0.3) is 0 Å². The fraction of sp³-hybridized carbons (Fsp3) is 0.300. The number of amides is 1. The highest BCUT2D eigenvalue weighted by atomic mass is 32.2. The molecule has 0 spiro atoms. The molecule has 0 fully saturated rings. The van der Waals surface area contributed by atoms with Crippen LogP contribution in [0, 0.1) is 0 Å². The smallest absolute Gasteiger partial charge is 0.263 e. The van der Waals surface area contributed by atoms with Gasteiger partial charge in [0.25, 0.3) is 10.0 Å². The number of hydrogen-bond donors (Lipinski definition) is 2. The van der Waals surface area contributed by atoms with Gasteiger partial charge in [0.2, 0.25) is 5.91 Å². The van der Waals surface area contributed by atoms with Gasteiger partial charge in [-0.15, -0.1) is 0 Å². The molecule has 4 rings (SSSR count). The van der Waals surface area contributed by atoms with Gasteiger partial charge in [0.15, 0.2) is 0 Å². The van der Waals surface area contributed by atoms with Crippen molar-refractivity contribution in [2.24, 2.45) is 4.99 Å². The van der Waals surface area contributed by atoms with Crippen LogP contribution in [0.3, 0.4) is 0 Å². The second-order valence-electron chi connectivity index (χ2n) is 6.84. The van der Waals surface area contributed by atoms with Gasteiger partial charge in [-0.05, 0) is 32.0 Å². The fourth-order valence-electron chi connectivity index (χ4n) is 3.40. The monoisotopic (exact) mass is 415 g/mol. The van der Waals surface area contributed by atoms with Crippen molar-refractivity contribution in [3.8, 4) is 11.5 Å². The molecule has 0 unspecified atom stereocenters. The van der Waals surface area contributed by atoms with Gasteiger partial charge in [0, 0.05) is 23.6 Å². The summed E-state index contributed by atoms with van der Waals surface area (Å²) in [5, 5.41) is 2.78. The van der Waals surface area contributed by atoms with Crippen molar-refractivity contribution in [3.63, 3.8) is 0 Å². The largest absolute Gasteiger partial charge is 0.492 e. The zero-order valence-corrected chi connectivity index (χ0v) is 16.9. The summed E-state index contributed by atoms with van der Waals surface area (Å²) in [6.07, 6.45) is 0.865. The van der Waals surface area contributed by atoms with Gasteiger partial charge in [-0.2, -0.15) is 0 Å². The Labute approximate surface area is 169 Å². The lowest BCUT2D eigenvalue weighted by Crippen LogP contribution is -2.24. The molecule has 29 heavy (non-hydrogen) atoms. The highest BCUT2D eigenvalue weighted by molar-refractivity contribution is 7.90. The van der Waals surface area contributed by atoms with E-state index in [9.17, 15) is 13.2 Å². The molecule has 0 radical (unpaired) electrons. The topological polar surface area (TPSA) is 106 Å². The quantitative estimate of drug-likeness (QED) is 0.778. The molecule has 2 heterocycles. The number of nitrogens with one attached hydrogen (secondary N) is 2. The van der Waals surface area contributed by atoms with Gasteiger partial charge >= 0.3 is 0 Å². The minimum atomic E-state index is -3.64. The summed E-state index contributed by atoms with van der Waals surface area (Å²) < 4.78 is 38.0. The molecule has 8 nitrogen and oxygen atoms in total. The third kappa shape index (κ3) is 3.77. The highest BCUT2D eigenvalue weighted by Gasteiger charge is 2.30. The normalized spacial score (nSPS) is 19.8. The predicted molar refractivity (Wildman–Crippen MR) is 108 cm³/mol. The van der Waals surface area contributed by atoms with Crippen LogP contribution in [-0.4, -0.2) is 39.4 Å². The van der Waals surface area contributed by atoms with Gasteiger partial charge in [-0.1, -0.05) is 12.1 Å². The third-order valence-corrected chi connectivity index (χ3v) is 6.01. The summed E-state index contributed by atoms with van der Waals surface area (Å²) in [5.41, 5.74) is 1.99. The number of anilines is 1. The van der Waals surface area contributed by atoms with E-state index in [-0.39, 0.29) is 23.4 Å². The van der Waals surface area contributed by atoms with Crippen LogP contribution < -0.4 is 19.5 Å². The van der Waals surface area contributed by atoms with E-state index >= 15 is 0 Å². The van der Waals surface area contributed by atoms with Crippen molar-refractivity contribution >= 4 is 27.5 Å². The lowest BCUT2D eigenvalue weighted by Gasteiger charge is -2.13. The van der Waals surface area contributed by atoms with Crippen molar-refractivity contribution in [1.82, 2.24) is 4.72 Å². The fourth-order valence-corrected chi connectivity index (χ4v) is 4.65. The number of sulfonamides is 1. The molecular formula is C20H21N3O5S. The number of carbonyl (C=O) groups excluding carboxylic acids is 1. The van der Waals surface area contributed by atoms with E-state index in [0.29, 0.717) is 23.6 Å². The van der Waals surface area contributed by atoms with Crippen molar-refractivity contribution in [2.45, 2.75) is 31.3 Å². The Hall–Kier alpha value is -3.07. The average molecular weight is 415 g/mol. The number of nitrogens with zero attached hydrogens (tertiary/aromatic N) is 1. The number of amidine groups is 1. The minimum absolute atomic E-state index is 0.0762. The summed E-state index contributed by atoms with van der Waals surface area (Å²) in [6, 6.07) is 10.1. The summed E-state index contributed by atoms with van der Waals surface area (Å²) in [5.74, 6) is 1.05. The molecule has 0 bridgehead atoms. The van der Waals surface area contributed by atoms with E-state index in [4.69, 9.17) is 9.47 Å². The van der Waals surface area contributed by atoms with Crippen LogP contribution in [0.15, 0.2) is 46.3 Å². The van der Waals surface area contributed by atoms with Crippen molar-refractivity contribution < 1.29 is 22.7 Å². The maximum atomic E-state index is 12.5. The maximum Gasteiger partial charge on any atom is 0.263 e. The zero-order valence-electron chi connectivity index (χ0n) is 16.1. The van der Waals surface area contributed by atoms with Gasteiger partial charge in [0.1, 0.15) is 30.0 Å². The Balaban J connectivity index is 1.53. The Morgan fingerprint density at radius 2 is 2.14 bits per heavy atom. The first-order chi connectivity index (χ1) is 13.9. The van der Waals surface area contributed by atoms with Gasteiger partial charge < -0.3 is 14.8 Å². The molecule has 1 atom stereocenters. The first kappa shape index (κ1) is 19.3. The number of aliphatic imine (C=N–C) groups is 1. The molecular weight excluding hydrogens is 394 g/mol. The van der Waals surface area contributed by atoms with Crippen molar-refractivity contribution in [2.75, 3.05) is 18.5 Å². The van der Waals surface area contributed by atoms with E-state index in [1.165, 1.54) is 6.07 Å². The molecule has 2 aromatic carbocycles. The Kier molecular flexibility index (Phi) is 4.91. The predicted octanol–water partition coefficient (Wildman–Crippen LogP) is 2.09. The second-order valence-corrected chi connectivity index (χ2v) is 8.49. The number of ether oxygens (including phenoxy) is 2. The molecule has 0 saturated heterocycles. The van der Waals surface area contributed by atoms with Crippen molar-refractivity contribution in [1.29, 1.82) is 0 Å². The minimum Gasteiger partial charge on any atom is -0.492 e. The van der Waals surface area contributed by atoms with Gasteiger partial charge in [0.05, 0.1) is 17.2 Å². The molecule has 2 aliphatic rings. The second kappa shape index (κ2) is 7.40. The Morgan fingerprint density at radius 3 is 2.93 bits per heavy atom. The van der Waals surface area contributed by atoms with E-state index < -0.39 is 15.9 Å². The van der Waals surface area contributed by atoms with Crippen LogP contribution in [0.2, 0.25) is 0 Å². The van der Waals surface area contributed by atoms with Gasteiger partial charge in [-0.3, -0.25) is 14.5 Å². The summed E-state index contributed by atoms with van der Waals surface area (Å²) in [4.78, 5) is 16.8. The Bertz CT molecular complexity index is 1110. The summed E-state index contributed by atoms with van der Waals surface area (Å²) >= 11 is 0. The zero-order chi connectivity index (χ0) is 20.6. The van der Waals surface area contributed by atoms with E-state index in [0.717, 1.165) is 17.7 Å². The number of hydrogen-bond acceptors (Lipinski definition) is 6. The van der Waals surface area contributed by atoms with Crippen LogP contribution in [0.1, 0.15) is 25.0 Å². The molecule has 2 N–H and O–H groups in total. The van der Waals surface area contributed by atoms with Gasteiger partial charge in [-0.25, -0.2) is 8.42 Å². The van der Waals surface area contributed by atoms with E-state index in [2.05, 4.69) is 15.0 Å². The standard InChI is InChI=1S/C20H21N3O5S/c1-3-27-17-9-13-8-12(2)28-16(13)10-15(17)22-19(24)11-21-20-14-6-4-5-7-18(14)29(25,26)23-20/h4-7,9-10,12H,3,8,11H2,1-2H3,(H,21,23)(H,22,24)/t12-/m0/s1. The first-order valence-electron chi connectivity index (χ1n) is 9.30. The summed E-state index contributed by atoms with van der Waals surface area (Å²) in [6.45, 7) is 4.06. The molecule has 9 heteroatoms. The van der Waals surface area contributed by atoms with Crippen LogP contribution in [0.5, 0.6) is 11.5 Å². The molecule has 0 aliphatic carbocycles. The van der Waals surface area contributed by atoms with Crippen LogP contribution in [-0.2, 0) is 21.2 Å². The molecule has 2 aliphatic heterocycles. The first-order valence-corrected chi connectivity index (χ1v) is 10.8. The summed E-state index contributed by atoms with van der Waals surface area (Å²) in [7, 11) is -3.64. The van der Waals surface area contributed by atoms with E-state index in [1.54, 1.807) is 24.3 Å². The SMILES string of the molecule is CCOc1cc2c(cc1NC(=O)CN=C1NS(=O)(=O)c3ccccc31)O[C@@H](C)C2. The lowest BCUT2D eigenvalue weighted by molar-refractivity contribution is -0.114. The molecule has 2 aromatic rings. The molecule has 1 amide bonds. The maximum absolute atomic E-state index is 12.5. The van der Waals surface area contributed by atoms with E-state index in [1.807, 2.05) is 19.9 Å². The Morgan fingerprint density at radius 1 is 1.34 bits per heavy atom. The van der Waals surface area contributed by atoms with Crippen LogP contribution >= 0.6 is 0 Å². The third-order valence-electron chi connectivity index (χ3n) is 4.62. The van der Waals surface area contributed by atoms with Crippen molar-refractivity contribution in [3.05, 3.63) is 47.5 Å². The highest BCUT2D eigenvalue weighted by Crippen LogP contribution is 2.38.